The van der Waals surface area contributed by atoms with Crippen LogP contribution in [0.4, 0.5) is 4.39 Å². The number of rotatable bonds is 3. The van der Waals surface area contributed by atoms with Crippen molar-refractivity contribution in [2.45, 2.75) is 12.0 Å². The van der Waals surface area contributed by atoms with Gasteiger partial charge in [0.05, 0.1) is 11.5 Å². The second-order valence-corrected chi connectivity index (χ2v) is 7.01. The SMILES string of the molecule is N=C=C1C(=S)NC(=O)C([n+]2ccc(-c3ccncc3)cc2)C1c1ccc(F)cc1. The predicted octanol–water partition coefficient (Wildman–Crippen LogP) is 3.13. The zero-order valence-electron chi connectivity index (χ0n) is 15.2. The van der Waals surface area contributed by atoms with Crippen LogP contribution in [0.25, 0.3) is 11.1 Å². The van der Waals surface area contributed by atoms with Crippen molar-refractivity contribution in [1.82, 2.24) is 10.3 Å². The molecule has 5 nitrogen and oxygen atoms in total. The molecule has 3 heterocycles. The highest BCUT2D eigenvalue weighted by molar-refractivity contribution is 7.80. The number of hydrogen-bond acceptors (Lipinski definition) is 4. The topological polar surface area (TPSA) is 69.7 Å². The molecule has 1 aliphatic rings. The van der Waals surface area contributed by atoms with Crippen molar-refractivity contribution in [1.29, 1.82) is 5.41 Å². The second kappa shape index (κ2) is 7.83. The largest absolute Gasteiger partial charge is 0.310 e. The van der Waals surface area contributed by atoms with Crippen molar-refractivity contribution >= 4 is 29.0 Å². The van der Waals surface area contributed by atoms with E-state index in [1.54, 1.807) is 29.1 Å². The van der Waals surface area contributed by atoms with Crippen molar-refractivity contribution in [3.63, 3.8) is 0 Å². The lowest BCUT2D eigenvalue weighted by Gasteiger charge is -2.29. The number of benzene rings is 1. The molecular formula is C22H16FN4OS+. The van der Waals surface area contributed by atoms with Crippen molar-refractivity contribution in [2.24, 2.45) is 0 Å². The van der Waals surface area contributed by atoms with Crippen LogP contribution in [-0.4, -0.2) is 21.7 Å². The highest BCUT2D eigenvalue weighted by Crippen LogP contribution is 2.35. The van der Waals surface area contributed by atoms with Crippen LogP contribution < -0.4 is 9.88 Å². The molecule has 0 saturated carbocycles. The van der Waals surface area contributed by atoms with Gasteiger partial charge in [0, 0.05) is 24.5 Å². The Balaban J connectivity index is 1.78. The number of aromatic nitrogens is 2. The van der Waals surface area contributed by atoms with Gasteiger partial charge in [-0.1, -0.05) is 24.4 Å². The van der Waals surface area contributed by atoms with E-state index in [1.807, 2.05) is 36.7 Å². The van der Waals surface area contributed by atoms with E-state index < -0.39 is 12.0 Å². The van der Waals surface area contributed by atoms with Crippen LogP contribution in [0.5, 0.6) is 0 Å². The minimum atomic E-state index is -0.688. The molecule has 1 amide bonds. The smallest absolute Gasteiger partial charge is 0.295 e. The van der Waals surface area contributed by atoms with Gasteiger partial charge in [0.15, 0.2) is 12.4 Å². The zero-order chi connectivity index (χ0) is 20.4. The van der Waals surface area contributed by atoms with Crippen LogP contribution in [0.2, 0.25) is 0 Å². The lowest BCUT2D eigenvalue weighted by Crippen LogP contribution is -2.56. The summed E-state index contributed by atoms with van der Waals surface area (Å²) in [4.78, 5) is 17.1. The van der Waals surface area contributed by atoms with E-state index in [1.165, 1.54) is 12.1 Å². The maximum atomic E-state index is 13.4. The third-order valence-electron chi connectivity index (χ3n) is 4.93. The Labute approximate surface area is 172 Å². The molecule has 1 aliphatic heterocycles. The van der Waals surface area contributed by atoms with Gasteiger partial charge >= 0.3 is 0 Å². The number of halogens is 1. The lowest BCUT2D eigenvalue weighted by atomic mass is 9.82. The summed E-state index contributed by atoms with van der Waals surface area (Å²) in [6.45, 7) is 0. The summed E-state index contributed by atoms with van der Waals surface area (Å²) in [6.07, 6.45) is 7.06. The van der Waals surface area contributed by atoms with Gasteiger partial charge in [0.1, 0.15) is 10.8 Å². The summed E-state index contributed by atoms with van der Waals surface area (Å²) in [6, 6.07) is 12.8. The molecule has 1 saturated heterocycles. The molecule has 1 aromatic carbocycles. The van der Waals surface area contributed by atoms with Crippen molar-refractivity contribution in [2.75, 3.05) is 0 Å². The number of piperidine rings is 1. The number of hydrogen-bond donors (Lipinski definition) is 2. The van der Waals surface area contributed by atoms with Gasteiger partial charge in [-0.05, 0) is 46.8 Å². The number of nitrogens with one attached hydrogen (secondary N) is 2. The molecule has 142 valence electrons. The maximum Gasteiger partial charge on any atom is 0.295 e. The van der Waals surface area contributed by atoms with E-state index in [-0.39, 0.29) is 16.7 Å². The van der Waals surface area contributed by atoms with E-state index in [2.05, 4.69) is 16.2 Å². The van der Waals surface area contributed by atoms with Crippen molar-refractivity contribution < 1.29 is 13.8 Å². The first kappa shape index (κ1) is 18.8. The number of pyridine rings is 2. The van der Waals surface area contributed by atoms with Gasteiger partial charge in [-0.25, -0.2) is 4.39 Å². The summed E-state index contributed by atoms with van der Waals surface area (Å²) >= 11 is 5.25. The van der Waals surface area contributed by atoms with Crippen LogP contribution >= 0.6 is 12.2 Å². The van der Waals surface area contributed by atoms with E-state index in [4.69, 9.17) is 17.6 Å². The summed E-state index contributed by atoms with van der Waals surface area (Å²) in [7, 11) is 0. The van der Waals surface area contributed by atoms with Gasteiger partial charge in [-0.15, -0.1) is 0 Å². The number of carbonyl (C=O) groups excluding carboxylic acids is 1. The molecule has 7 heteroatoms. The van der Waals surface area contributed by atoms with Gasteiger partial charge in [-0.3, -0.25) is 15.2 Å². The standard InChI is InChI=1S/C22H15FN4OS/c23-17-3-1-16(2-4-17)19-18(13-24)22(29)26-21(28)20(19)27-11-7-15(8-12-27)14-5-9-25-10-6-14/h1-12,19-20,24H/p+1. The Kier molecular flexibility index (Phi) is 5.08. The third kappa shape index (κ3) is 3.61. The fourth-order valence-electron chi connectivity index (χ4n) is 3.53. The predicted molar refractivity (Wildman–Crippen MR) is 110 cm³/mol. The highest BCUT2D eigenvalue weighted by Gasteiger charge is 2.45. The van der Waals surface area contributed by atoms with E-state index >= 15 is 0 Å². The molecule has 29 heavy (non-hydrogen) atoms. The molecule has 0 bridgehead atoms. The molecule has 0 radical (unpaired) electrons. The van der Waals surface area contributed by atoms with Crippen LogP contribution in [0.3, 0.4) is 0 Å². The molecule has 1 fully saturated rings. The van der Waals surface area contributed by atoms with Crippen molar-refractivity contribution in [3.05, 3.63) is 90.3 Å². The average Bonchev–Trinajstić information content (AvgIpc) is 2.75. The van der Waals surface area contributed by atoms with E-state index in [0.29, 0.717) is 11.1 Å². The Morgan fingerprint density at radius 3 is 2.28 bits per heavy atom. The van der Waals surface area contributed by atoms with Gasteiger partial charge in [0.2, 0.25) is 6.04 Å². The fourth-order valence-corrected chi connectivity index (χ4v) is 3.80. The van der Waals surface area contributed by atoms with E-state index in [9.17, 15) is 9.18 Å². The summed E-state index contributed by atoms with van der Waals surface area (Å²) in [5.74, 6) is 1.16. The van der Waals surface area contributed by atoms with Crippen LogP contribution in [0, 0.1) is 11.2 Å². The van der Waals surface area contributed by atoms with Gasteiger partial charge in [-0.2, -0.15) is 4.57 Å². The summed E-state index contributed by atoms with van der Waals surface area (Å²) in [5.41, 5.74) is 3.07. The maximum absolute atomic E-state index is 13.4. The Morgan fingerprint density at radius 1 is 1.03 bits per heavy atom. The monoisotopic (exact) mass is 403 g/mol. The van der Waals surface area contributed by atoms with Crippen LogP contribution in [0.1, 0.15) is 17.5 Å². The normalized spacial score (nSPS) is 18.9. The quantitative estimate of drug-likeness (QED) is 0.306. The molecule has 0 spiro atoms. The average molecular weight is 403 g/mol. The zero-order valence-corrected chi connectivity index (χ0v) is 16.0. The second-order valence-electron chi connectivity index (χ2n) is 6.60. The minimum absolute atomic E-state index is 0.171. The number of carbonyl (C=O) groups is 1. The number of nitrogens with zero attached hydrogens (tertiary/aromatic N) is 2. The molecule has 2 aromatic heterocycles. The minimum Gasteiger partial charge on any atom is -0.310 e. The Bertz CT molecular complexity index is 1120. The number of thiocarbonyl (C=S) groups is 1. The molecule has 2 unspecified atom stereocenters. The molecule has 0 aliphatic carbocycles. The fraction of sp³-hybridized carbons (Fsp3) is 0.0909. The first-order valence-electron chi connectivity index (χ1n) is 8.90. The van der Waals surface area contributed by atoms with Crippen LogP contribution in [0.15, 0.2) is 78.9 Å². The first-order valence-corrected chi connectivity index (χ1v) is 9.31. The summed E-state index contributed by atoms with van der Waals surface area (Å²) < 4.78 is 15.2. The molecule has 4 rings (SSSR count). The lowest BCUT2D eigenvalue weighted by molar-refractivity contribution is -0.711. The van der Waals surface area contributed by atoms with E-state index in [0.717, 1.165) is 11.1 Å². The first-order chi connectivity index (χ1) is 14.1. The number of amides is 1. The Morgan fingerprint density at radius 2 is 1.66 bits per heavy atom. The molecule has 2 N–H and O–H groups in total. The van der Waals surface area contributed by atoms with Gasteiger partial charge in [0.25, 0.3) is 5.91 Å². The summed E-state index contributed by atoms with van der Waals surface area (Å²) in [5, 5.41) is 10.4. The van der Waals surface area contributed by atoms with Gasteiger partial charge < -0.3 is 5.32 Å². The highest BCUT2D eigenvalue weighted by atomic mass is 32.1. The Hall–Kier alpha value is -3.54. The molecular weight excluding hydrogens is 387 g/mol. The van der Waals surface area contributed by atoms with Crippen LogP contribution in [-0.2, 0) is 4.79 Å². The third-order valence-corrected chi connectivity index (χ3v) is 5.25. The molecule has 2 atom stereocenters. The van der Waals surface area contributed by atoms with Crippen molar-refractivity contribution in [3.8, 4) is 11.1 Å². The molecule has 3 aromatic rings.